The molecule has 0 aromatic rings. The van der Waals surface area contributed by atoms with Gasteiger partial charge in [-0.25, -0.2) is 0 Å². The van der Waals surface area contributed by atoms with Crippen LogP contribution in [0.4, 0.5) is 8.78 Å². The number of hydrogen-bond acceptors (Lipinski definition) is 2. The normalized spacial score (nSPS) is 34.8. The Morgan fingerprint density at radius 3 is 2.45 bits per heavy atom. The van der Waals surface area contributed by atoms with Crippen molar-refractivity contribution in [2.45, 2.75) is 70.5 Å². The van der Waals surface area contributed by atoms with Crippen LogP contribution in [0.2, 0.25) is 0 Å². The molecule has 20 heavy (non-hydrogen) atoms. The summed E-state index contributed by atoms with van der Waals surface area (Å²) in [6, 6.07) is 0. The van der Waals surface area contributed by atoms with Crippen LogP contribution in [-0.2, 0) is 9.47 Å². The summed E-state index contributed by atoms with van der Waals surface area (Å²) < 4.78 is 37.6. The number of fused-ring (bicyclic) bond motifs is 1. The van der Waals surface area contributed by atoms with Crippen LogP contribution in [-0.4, -0.2) is 25.9 Å². The molecule has 0 aromatic heterocycles. The number of rotatable bonds is 6. The van der Waals surface area contributed by atoms with Crippen molar-refractivity contribution in [3.8, 4) is 0 Å². The fraction of sp³-hybridized carbons (Fsp3) is 1.00. The zero-order valence-electron chi connectivity index (χ0n) is 12.7. The maximum absolute atomic E-state index is 13.6. The molecule has 0 saturated heterocycles. The van der Waals surface area contributed by atoms with Crippen molar-refractivity contribution in [3.05, 3.63) is 0 Å². The number of halogens is 2. The first-order valence-corrected chi connectivity index (χ1v) is 8.11. The summed E-state index contributed by atoms with van der Waals surface area (Å²) in [7, 11) is 1.12. The SMILES string of the molecule is CCCCOC1CCC2CC(C(F)(F)OC)CCC2C1. The van der Waals surface area contributed by atoms with Crippen LogP contribution in [0.25, 0.3) is 0 Å². The Bertz CT molecular complexity index is 296. The van der Waals surface area contributed by atoms with Gasteiger partial charge in [-0.05, 0) is 56.8 Å². The molecule has 4 heteroatoms. The first kappa shape index (κ1) is 16.2. The molecule has 0 bridgehead atoms. The smallest absolute Gasteiger partial charge is 0.358 e. The summed E-state index contributed by atoms with van der Waals surface area (Å²) in [6.45, 7) is 3.01. The molecule has 2 aliphatic rings. The molecule has 0 amide bonds. The maximum atomic E-state index is 13.6. The Labute approximate surface area is 121 Å². The van der Waals surface area contributed by atoms with Gasteiger partial charge in [-0.1, -0.05) is 13.3 Å². The first-order chi connectivity index (χ1) is 9.56. The molecule has 0 N–H and O–H groups in total. The quantitative estimate of drug-likeness (QED) is 0.664. The van der Waals surface area contributed by atoms with Gasteiger partial charge < -0.3 is 9.47 Å². The van der Waals surface area contributed by atoms with E-state index in [1.165, 1.54) is 0 Å². The summed E-state index contributed by atoms with van der Waals surface area (Å²) in [5.41, 5.74) is 0. The highest BCUT2D eigenvalue weighted by molar-refractivity contribution is 4.88. The molecule has 0 aliphatic heterocycles. The monoisotopic (exact) mass is 290 g/mol. The zero-order chi connectivity index (χ0) is 14.6. The standard InChI is InChI=1S/C16H28F2O2/c1-3-4-9-20-15-8-6-12-10-14(16(17,18)19-2)7-5-13(12)11-15/h12-15H,3-11H2,1-2H3. The fourth-order valence-corrected chi connectivity index (χ4v) is 3.86. The van der Waals surface area contributed by atoms with E-state index in [1.807, 2.05) is 0 Å². The van der Waals surface area contributed by atoms with Gasteiger partial charge in [0.25, 0.3) is 0 Å². The van der Waals surface area contributed by atoms with Crippen LogP contribution < -0.4 is 0 Å². The van der Waals surface area contributed by atoms with Crippen molar-refractivity contribution in [1.82, 2.24) is 0 Å². The molecule has 2 saturated carbocycles. The number of hydrogen-bond donors (Lipinski definition) is 0. The van der Waals surface area contributed by atoms with E-state index in [0.717, 1.165) is 52.2 Å². The van der Waals surface area contributed by atoms with E-state index in [1.54, 1.807) is 0 Å². The molecule has 0 radical (unpaired) electrons. The Morgan fingerprint density at radius 2 is 1.75 bits per heavy atom. The van der Waals surface area contributed by atoms with Gasteiger partial charge in [-0.2, -0.15) is 8.78 Å². The van der Waals surface area contributed by atoms with Crippen molar-refractivity contribution in [1.29, 1.82) is 0 Å². The topological polar surface area (TPSA) is 18.5 Å². The van der Waals surface area contributed by atoms with Crippen LogP contribution in [0.1, 0.15) is 58.3 Å². The minimum atomic E-state index is -2.94. The fourth-order valence-electron chi connectivity index (χ4n) is 3.86. The Balaban J connectivity index is 1.80. The third-order valence-electron chi connectivity index (χ3n) is 5.16. The number of methoxy groups -OCH3 is 1. The largest absolute Gasteiger partial charge is 0.378 e. The van der Waals surface area contributed by atoms with Crippen LogP contribution in [0.5, 0.6) is 0 Å². The third kappa shape index (κ3) is 3.91. The van der Waals surface area contributed by atoms with Crippen LogP contribution in [0.15, 0.2) is 0 Å². The summed E-state index contributed by atoms with van der Waals surface area (Å²) in [6.07, 6.45) is 4.95. The second kappa shape index (κ2) is 7.17. The molecular formula is C16H28F2O2. The Morgan fingerprint density at radius 1 is 1.05 bits per heavy atom. The summed E-state index contributed by atoms with van der Waals surface area (Å²) in [5.74, 6) is 0.436. The van der Waals surface area contributed by atoms with Gasteiger partial charge in [0, 0.05) is 13.7 Å². The summed E-state index contributed by atoms with van der Waals surface area (Å²) >= 11 is 0. The van der Waals surface area contributed by atoms with Gasteiger partial charge in [0.05, 0.1) is 12.0 Å². The zero-order valence-corrected chi connectivity index (χ0v) is 12.7. The van der Waals surface area contributed by atoms with Gasteiger partial charge >= 0.3 is 6.11 Å². The molecule has 118 valence electrons. The van der Waals surface area contributed by atoms with E-state index < -0.39 is 12.0 Å². The van der Waals surface area contributed by atoms with Gasteiger partial charge in [-0.15, -0.1) is 0 Å². The second-order valence-electron chi connectivity index (χ2n) is 6.46. The first-order valence-electron chi connectivity index (χ1n) is 8.11. The lowest BCUT2D eigenvalue weighted by Crippen LogP contribution is -2.40. The summed E-state index contributed by atoms with van der Waals surface area (Å²) in [5, 5.41) is 0. The van der Waals surface area contributed by atoms with Gasteiger partial charge in [0.1, 0.15) is 0 Å². The average molecular weight is 290 g/mol. The molecule has 2 aliphatic carbocycles. The lowest BCUT2D eigenvalue weighted by atomic mass is 9.66. The van der Waals surface area contributed by atoms with Gasteiger partial charge in [0.2, 0.25) is 0 Å². The van der Waals surface area contributed by atoms with Crippen molar-refractivity contribution >= 4 is 0 Å². The van der Waals surface area contributed by atoms with Gasteiger partial charge in [-0.3, -0.25) is 0 Å². The highest BCUT2D eigenvalue weighted by atomic mass is 19.3. The predicted molar refractivity (Wildman–Crippen MR) is 74.8 cm³/mol. The Hall–Kier alpha value is -0.220. The van der Waals surface area contributed by atoms with Gasteiger partial charge in [0.15, 0.2) is 0 Å². The maximum Gasteiger partial charge on any atom is 0.358 e. The van der Waals surface area contributed by atoms with E-state index in [2.05, 4.69) is 11.7 Å². The molecule has 0 spiro atoms. The van der Waals surface area contributed by atoms with E-state index in [9.17, 15) is 8.78 Å². The van der Waals surface area contributed by atoms with E-state index in [-0.39, 0.29) is 0 Å². The lowest BCUT2D eigenvalue weighted by Gasteiger charge is -2.43. The lowest BCUT2D eigenvalue weighted by molar-refractivity contribution is -0.267. The number of ether oxygens (including phenoxy) is 2. The Kier molecular flexibility index (Phi) is 5.79. The molecule has 2 nitrogen and oxygen atoms in total. The van der Waals surface area contributed by atoms with Crippen LogP contribution in [0.3, 0.4) is 0 Å². The van der Waals surface area contributed by atoms with Crippen molar-refractivity contribution in [2.24, 2.45) is 17.8 Å². The molecule has 4 unspecified atom stereocenters. The predicted octanol–water partition coefficient (Wildman–Crippen LogP) is 4.63. The second-order valence-corrected chi connectivity index (χ2v) is 6.46. The molecule has 2 rings (SSSR count). The number of alkyl halides is 2. The summed E-state index contributed by atoms with van der Waals surface area (Å²) in [4.78, 5) is 0. The van der Waals surface area contributed by atoms with Crippen molar-refractivity contribution in [3.63, 3.8) is 0 Å². The molecular weight excluding hydrogens is 262 g/mol. The van der Waals surface area contributed by atoms with Crippen molar-refractivity contribution < 1.29 is 18.3 Å². The van der Waals surface area contributed by atoms with Crippen LogP contribution >= 0.6 is 0 Å². The molecule has 0 aromatic carbocycles. The molecule has 4 atom stereocenters. The number of unbranched alkanes of at least 4 members (excludes halogenated alkanes) is 1. The third-order valence-corrected chi connectivity index (χ3v) is 5.16. The average Bonchev–Trinajstić information content (AvgIpc) is 2.47. The molecule has 2 fully saturated rings. The highest BCUT2D eigenvalue weighted by Crippen LogP contribution is 2.47. The van der Waals surface area contributed by atoms with Crippen molar-refractivity contribution in [2.75, 3.05) is 13.7 Å². The van der Waals surface area contributed by atoms with E-state index in [0.29, 0.717) is 30.8 Å². The highest BCUT2D eigenvalue weighted by Gasteiger charge is 2.46. The van der Waals surface area contributed by atoms with E-state index >= 15 is 0 Å². The minimum absolute atomic E-state index is 0.363. The minimum Gasteiger partial charge on any atom is -0.378 e. The van der Waals surface area contributed by atoms with Crippen LogP contribution in [0, 0.1) is 17.8 Å². The molecule has 0 heterocycles. The van der Waals surface area contributed by atoms with E-state index in [4.69, 9.17) is 4.74 Å².